The van der Waals surface area contributed by atoms with Crippen molar-refractivity contribution in [2.75, 3.05) is 0 Å². The number of hydrogen-bond donors (Lipinski definition) is 2. The molecule has 0 aliphatic rings. The largest absolute Gasteiger partial charge is 0.442 e. The van der Waals surface area contributed by atoms with Crippen LogP contribution in [0, 0.1) is 0 Å². The molecule has 0 fully saturated rings. The van der Waals surface area contributed by atoms with E-state index in [1.165, 1.54) is 25.7 Å². The summed E-state index contributed by atoms with van der Waals surface area (Å²) in [6, 6.07) is 0. The van der Waals surface area contributed by atoms with Crippen molar-refractivity contribution in [1.29, 1.82) is 0 Å². The average molecular weight is 346 g/mol. The van der Waals surface area contributed by atoms with Crippen LogP contribution in [0.5, 0.6) is 0 Å². The first-order valence-corrected chi connectivity index (χ1v) is 8.34. The Morgan fingerprint density at radius 2 is 0.444 bits per heavy atom. The highest BCUT2D eigenvalue weighted by molar-refractivity contribution is 5.95. The second-order valence-corrected chi connectivity index (χ2v) is 2.83. The number of halogens is 2. The molecule has 0 unspecified atom stereocenters. The Kier molecular flexibility index (Phi) is 598. The van der Waals surface area contributed by atoms with Crippen LogP contribution >= 0.6 is 24.8 Å². The lowest BCUT2D eigenvalue weighted by molar-refractivity contribution is 0.628. The van der Waals surface area contributed by atoms with E-state index in [9.17, 15) is 0 Å². The van der Waals surface area contributed by atoms with Crippen molar-refractivity contribution in [3.05, 3.63) is 0 Å². The summed E-state index contributed by atoms with van der Waals surface area (Å²) in [6.45, 7) is 17.0. The first kappa shape index (κ1) is 50.9. The Hall–Kier alpha value is 0.934. The van der Waals surface area contributed by atoms with Gasteiger partial charge in [0, 0.05) is 0 Å². The van der Waals surface area contributed by atoms with Crippen LogP contribution in [-0.4, -0.2) is 30.6 Å². The summed E-state index contributed by atoms with van der Waals surface area (Å²) >= 11 is 0. The van der Waals surface area contributed by atoms with Gasteiger partial charge in [0.25, 0.3) is 0 Å². The second kappa shape index (κ2) is 211. The van der Waals surface area contributed by atoms with Crippen molar-refractivity contribution in [2.24, 2.45) is 0 Å². The Bertz CT molecular complexity index is 34.0. The van der Waals surface area contributed by atoms with Crippen molar-refractivity contribution in [3.8, 4) is 0 Å². The van der Waals surface area contributed by atoms with Crippen molar-refractivity contribution in [1.82, 2.24) is 0 Å². The van der Waals surface area contributed by atoms with E-state index in [-0.39, 0.29) is 24.8 Å². The lowest BCUT2D eigenvalue weighted by Gasteiger charge is -1.48. The number of hydrogen-bond acceptors (Lipinski definition) is 2. The maximum Gasteiger partial charge on any atom is 0.141 e. The van der Waals surface area contributed by atoms with E-state index in [2.05, 4.69) is 55.4 Å². The molecule has 0 saturated carbocycles. The Labute approximate surface area is 136 Å². The maximum atomic E-state index is 7.14. The third-order valence-electron chi connectivity index (χ3n) is 0. The van der Waals surface area contributed by atoms with Gasteiger partial charge in [-0.2, -0.15) is 0 Å². The fraction of sp³-hybridized carbons (Fsp3) is 1.00. The smallest absolute Gasteiger partial charge is 0.141 e. The fourth-order valence-electron chi connectivity index (χ4n) is 0. The molecule has 0 aliphatic carbocycles. The van der Waals surface area contributed by atoms with Crippen LogP contribution < -0.4 is 0 Å². The highest BCUT2D eigenvalue weighted by Gasteiger charge is 1.36. The molecule has 18 heavy (non-hydrogen) atoms. The molecule has 2 nitrogen and oxygen atoms in total. The average Bonchev–Trinajstić information content (AvgIpc) is 2.27. The van der Waals surface area contributed by atoms with E-state index < -0.39 is 0 Å². The summed E-state index contributed by atoms with van der Waals surface area (Å²) in [6.07, 6.45) is 5.00. The van der Waals surface area contributed by atoms with Gasteiger partial charge in [0.05, 0.1) is 0 Å². The topological polar surface area (TPSA) is 40.5 Å². The summed E-state index contributed by atoms with van der Waals surface area (Å²) in [5.41, 5.74) is 0. The molecule has 0 heterocycles. The Morgan fingerprint density at radius 1 is 0.444 bits per heavy atom. The monoisotopic (exact) mass is 344 g/mol. The van der Waals surface area contributed by atoms with E-state index in [4.69, 9.17) is 9.59 Å². The molecule has 0 bridgehead atoms. The highest BCUT2D eigenvalue weighted by atomic mass is 35.5. The molecule has 0 atom stereocenters. The first-order valence-electron chi connectivity index (χ1n) is 6.55. The third kappa shape index (κ3) is 4930. The quantitative estimate of drug-likeness (QED) is 0.663. The zero-order valence-electron chi connectivity index (χ0n) is 14.5. The van der Waals surface area contributed by atoms with Gasteiger partial charge in [-0.25, -0.2) is 0 Å². The fourth-order valence-corrected chi connectivity index (χ4v) is 0. The summed E-state index contributed by atoms with van der Waals surface area (Å²) < 4.78 is 0. The minimum atomic E-state index is 0. The van der Waals surface area contributed by atoms with Gasteiger partial charge in [0.1, 0.15) is 21.0 Å². The molecule has 0 rings (SSSR count). The van der Waals surface area contributed by atoms with Gasteiger partial charge < -0.3 is 9.59 Å². The molecule has 0 saturated heterocycles. The van der Waals surface area contributed by atoms with Crippen LogP contribution in [-0.2, 0) is 0 Å². The molecular weight excluding hydrogens is 303 g/mol. The van der Waals surface area contributed by atoms with Gasteiger partial charge in [-0.1, -0.05) is 81.1 Å². The predicted molar refractivity (Wildman–Crippen MR) is 103 cm³/mol. The van der Waals surface area contributed by atoms with Gasteiger partial charge in [-0.05, 0) is 0 Å². The standard InChI is InChI=1S/4C3H8.2ClH.2H4OSi/c4*1-3-2;;;2*1-2/h4*3H2,1-2H3;2*1H;2*1H,2H3. The maximum absolute atomic E-state index is 7.14. The third-order valence-corrected chi connectivity index (χ3v) is 0. The minimum Gasteiger partial charge on any atom is -0.442 e. The molecule has 0 spiro atoms. The molecule has 124 valence electrons. The van der Waals surface area contributed by atoms with Gasteiger partial charge >= 0.3 is 0 Å². The molecule has 2 N–H and O–H groups in total. The zero-order valence-corrected chi connectivity index (χ0v) is 20.2. The molecule has 0 radical (unpaired) electrons. The van der Waals surface area contributed by atoms with Crippen LogP contribution in [0.15, 0.2) is 0 Å². The minimum absolute atomic E-state index is 0. The second-order valence-electron chi connectivity index (χ2n) is 2.83. The molecule has 0 aliphatic heterocycles. The van der Waals surface area contributed by atoms with E-state index in [1.807, 2.05) is 0 Å². The summed E-state index contributed by atoms with van der Waals surface area (Å²) in [5, 5.41) is 0. The van der Waals surface area contributed by atoms with Crippen LogP contribution in [0.1, 0.15) is 81.1 Å². The molecule has 0 aromatic carbocycles. The summed E-state index contributed by atoms with van der Waals surface area (Å²) in [4.78, 5) is 14.3. The lowest BCUT2D eigenvalue weighted by Crippen LogP contribution is -1.34. The van der Waals surface area contributed by atoms with Gasteiger partial charge in [0.2, 0.25) is 0 Å². The number of rotatable bonds is 0. The summed E-state index contributed by atoms with van der Waals surface area (Å²) in [5.74, 6) is 0. The van der Waals surface area contributed by atoms with E-state index in [1.54, 1.807) is 0 Å². The van der Waals surface area contributed by atoms with Crippen molar-refractivity contribution in [2.45, 2.75) is 81.1 Å². The first-order chi connectivity index (χ1) is 7.66. The SMILES string of the molecule is CCC.CCC.CCC.CCC.Cl.Cl.O[SiH3].O[SiH3]. The van der Waals surface area contributed by atoms with Crippen LogP contribution in [0.2, 0.25) is 0 Å². The molecule has 0 amide bonds. The molecule has 0 aromatic rings. The van der Waals surface area contributed by atoms with Gasteiger partial charge in [-0.3, -0.25) is 0 Å². The molecule has 6 heteroatoms. The zero-order chi connectivity index (χ0) is 14.8. The predicted octanol–water partition coefficient (Wildman–Crippen LogP) is 3.03. The van der Waals surface area contributed by atoms with E-state index in [0.29, 0.717) is 21.0 Å². The van der Waals surface area contributed by atoms with Crippen molar-refractivity contribution >= 4 is 45.8 Å². The van der Waals surface area contributed by atoms with E-state index in [0.717, 1.165) is 0 Å². The molecular formula is C12H42Cl2O2Si2. The van der Waals surface area contributed by atoms with Crippen molar-refractivity contribution in [3.63, 3.8) is 0 Å². The highest BCUT2D eigenvalue weighted by Crippen LogP contribution is 1.57. The Morgan fingerprint density at radius 3 is 0.444 bits per heavy atom. The molecule has 0 aromatic heterocycles. The van der Waals surface area contributed by atoms with Crippen LogP contribution in [0.3, 0.4) is 0 Å². The van der Waals surface area contributed by atoms with E-state index >= 15 is 0 Å². The lowest BCUT2D eigenvalue weighted by atomic mass is 10.6. The van der Waals surface area contributed by atoms with Gasteiger partial charge in [0.15, 0.2) is 0 Å². The van der Waals surface area contributed by atoms with Crippen LogP contribution in [0.4, 0.5) is 0 Å². The van der Waals surface area contributed by atoms with Crippen molar-refractivity contribution < 1.29 is 9.59 Å². The Balaban J connectivity index is -0.0000000110. The summed E-state index contributed by atoms with van der Waals surface area (Å²) in [7, 11) is 0.611. The van der Waals surface area contributed by atoms with Gasteiger partial charge in [-0.15, -0.1) is 24.8 Å². The van der Waals surface area contributed by atoms with Crippen LogP contribution in [0.25, 0.3) is 0 Å². The normalized spacial score (nSPS) is 5.00.